The van der Waals surface area contributed by atoms with E-state index < -0.39 is 17.7 Å². The Balaban J connectivity index is 0. The lowest BCUT2D eigenvalue weighted by Crippen LogP contribution is -2.25. The van der Waals surface area contributed by atoms with Crippen molar-refractivity contribution in [1.29, 1.82) is 0 Å². The topological polar surface area (TPSA) is 101 Å². The van der Waals surface area contributed by atoms with Crippen molar-refractivity contribution >= 4 is 17.7 Å². The number of hydrogen-bond donors (Lipinski definition) is 0. The minimum Gasteiger partial charge on any atom is -0.463 e. The predicted molar refractivity (Wildman–Crippen MR) is 32.7 cm³/mol. The Morgan fingerprint density at radius 1 is 0.909 bits per heavy atom. The number of Topliss-reactive ketones (excluding diaryl/α,β-unsaturated/α-hetero) is 1. The quantitative estimate of drug-likeness (QED) is 0.269. The molecule has 0 aliphatic heterocycles. The van der Waals surface area contributed by atoms with Gasteiger partial charge in [-0.25, -0.2) is 9.59 Å². The van der Waals surface area contributed by atoms with E-state index in [9.17, 15) is 14.4 Å². The van der Waals surface area contributed by atoms with Crippen LogP contribution in [-0.2, 0) is 23.9 Å². The van der Waals surface area contributed by atoms with Crippen LogP contribution in [0.2, 0.25) is 0 Å². The lowest BCUT2D eigenvalue weighted by molar-refractivity contribution is -0.162. The summed E-state index contributed by atoms with van der Waals surface area (Å²) >= 11 is 0. The van der Waals surface area contributed by atoms with Gasteiger partial charge in [0.2, 0.25) is 0 Å². The van der Waals surface area contributed by atoms with Crippen molar-refractivity contribution in [2.24, 2.45) is 0 Å². The standard InChI is InChI=1S/C5H6O5.H2O/c1-9-4(7)3(6)5(8)10-2;/h1-2H3;1H2. The van der Waals surface area contributed by atoms with Gasteiger partial charge in [0.1, 0.15) is 0 Å². The zero-order valence-electron chi connectivity index (χ0n) is 6.04. The van der Waals surface area contributed by atoms with Crippen LogP contribution in [0.4, 0.5) is 0 Å². The summed E-state index contributed by atoms with van der Waals surface area (Å²) < 4.78 is 7.89. The number of ketones is 1. The normalized spacial score (nSPS) is 7.45. The molecule has 0 saturated carbocycles. The van der Waals surface area contributed by atoms with Crippen LogP contribution >= 0.6 is 0 Å². The first-order valence-corrected chi connectivity index (χ1v) is 2.34. The van der Waals surface area contributed by atoms with Crippen LogP contribution in [0.1, 0.15) is 0 Å². The number of esters is 2. The van der Waals surface area contributed by atoms with Crippen LogP contribution in [0.3, 0.4) is 0 Å². The van der Waals surface area contributed by atoms with Crippen molar-refractivity contribution in [1.82, 2.24) is 0 Å². The molecule has 64 valence electrons. The van der Waals surface area contributed by atoms with Crippen molar-refractivity contribution in [3.05, 3.63) is 0 Å². The SMILES string of the molecule is COC(=O)C(=O)C(=O)OC.O. The zero-order valence-corrected chi connectivity index (χ0v) is 6.04. The van der Waals surface area contributed by atoms with E-state index in [2.05, 4.69) is 9.47 Å². The van der Waals surface area contributed by atoms with Crippen LogP contribution in [0, 0.1) is 0 Å². The van der Waals surface area contributed by atoms with E-state index in [0.29, 0.717) is 0 Å². The van der Waals surface area contributed by atoms with Crippen molar-refractivity contribution in [2.75, 3.05) is 14.2 Å². The monoisotopic (exact) mass is 164 g/mol. The molecule has 2 N–H and O–H groups in total. The third-order valence-electron chi connectivity index (χ3n) is 0.742. The zero-order chi connectivity index (χ0) is 8.15. The van der Waals surface area contributed by atoms with Crippen LogP contribution < -0.4 is 0 Å². The first-order valence-electron chi connectivity index (χ1n) is 2.34. The van der Waals surface area contributed by atoms with Crippen molar-refractivity contribution in [3.8, 4) is 0 Å². The lowest BCUT2D eigenvalue weighted by atomic mass is 10.4. The molecule has 6 heteroatoms. The molecule has 0 spiro atoms. The summed E-state index contributed by atoms with van der Waals surface area (Å²) in [6.07, 6.45) is 0. The van der Waals surface area contributed by atoms with Crippen molar-refractivity contribution in [3.63, 3.8) is 0 Å². The van der Waals surface area contributed by atoms with Crippen molar-refractivity contribution in [2.45, 2.75) is 0 Å². The Kier molecular flexibility index (Phi) is 5.98. The van der Waals surface area contributed by atoms with Gasteiger partial charge in [-0.2, -0.15) is 0 Å². The van der Waals surface area contributed by atoms with E-state index >= 15 is 0 Å². The minimum atomic E-state index is -1.30. The van der Waals surface area contributed by atoms with Crippen LogP contribution in [0.25, 0.3) is 0 Å². The molecule has 0 amide bonds. The van der Waals surface area contributed by atoms with E-state index in [-0.39, 0.29) is 5.48 Å². The molecule has 0 aliphatic carbocycles. The fraction of sp³-hybridized carbons (Fsp3) is 0.400. The number of carbonyl (C=O) groups is 3. The molecule has 0 saturated heterocycles. The average Bonchev–Trinajstić information content (AvgIpc) is 2.00. The largest absolute Gasteiger partial charge is 0.463 e. The molecule has 0 atom stereocenters. The summed E-state index contributed by atoms with van der Waals surface area (Å²) in [5.74, 6) is -3.73. The molecule has 0 aromatic rings. The van der Waals surface area contributed by atoms with Crippen molar-refractivity contribution < 1.29 is 29.3 Å². The maximum absolute atomic E-state index is 10.4. The van der Waals surface area contributed by atoms with Crippen LogP contribution in [0.5, 0.6) is 0 Å². The minimum absolute atomic E-state index is 0. The molecule has 0 rings (SSSR count). The van der Waals surface area contributed by atoms with Gasteiger partial charge in [0.05, 0.1) is 14.2 Å². The number of hydrogen-bond acceptors (Lipinski definition) is 5. The summed E-state index contributed by atoms with van der Waals surface area (Å²) in [5, 5.41) is 0. The smallest absolute Gasteiger partial charge is 0.386 e. The van der Waals surface area contributed by atoms with Gasteiger partial charge in [-0.05, 0) is 0 Å². The summed E-state index contributed by atoms with van der Waals surface area (Å²) in [6.45, 7) is 0. The van der Waals surface area contributed by atoms with Gasteiger partial charge < -0.3 is 14.9 Å². The molecule has 0 aromatic carbocycles. The van der Waals surface area contributed by atoms with Gasteiger partial charge in [-0.1, -0.05) is 0 Å². The molecular weight excluding hydrogens is 156 g/mol. The molecule has 0 unspecified atom stereocenters. The van der Waals surface area contributed by atoms with E-state index in [1.807, 2.05) is 0 Å². The number of methoxy groups -OCH3 is 2. The Bertz CT molecular complexity index is 154. The van der Waals surface area contributed by atoms with Gasteiger partial charge in [-0.3, -0.25) is 4.79 Å². The molecule has 0 aromatic heterocycles. The summed E-state index contributed by atoms with van der Waals surface area (Å²) in [7, 11) is 2.01. The molecule has 0 radical (unpaired) electrons. The van der Waals surface area contributed by atoms with Crippen LogP contribution in [0.15, 0.2) is 0 Å². The maximum atomic E-state index is 10.4. The highest BCUT2D eigenvalue weighted by atomic mass is 16.6. The van der Waals surface area contributed by atoms with E-state index in [1.54, 1.807) is 0 Å². The molecule has 0 fully saturated rings. The lowest BCUT2D eigenvalue weighted by Gasteiger charge is -1.94. The van der Waals surface area contributed by atoms with Crippen LogP contribution in [-0.4, -0.2) is 37.4 Å². The average molecular weight is 164 g/mol. The molecular formula is C5H8O6. The summed E-state index contributed by atoms with van der Waals surface area (Å²) in [5.41, 5.74) is 0. The third kappa shape index (κ3) is 3.31. The second-order valence-electron chi connectivity index (χ2n) is 1.31. The molecule has 6 nitrogen and oxygen atoms in total. The van der Waals surface area contributed by atoms with Gasteiger partial charge >= 0.3 is 17.7 Å². The first kappa shape index (κ1) is 12.3. The molecule has 11 heavy (non-hydrogen) atoms. The highest BCUT2D eigenvalue weighted by molar-refractivity contribution is 6.60. The Hall–Kier alpha value is -1.43. The van der Waals surface area contributed by atoms with Gasteiger partial charge in [0, 0.05) is 0 Å². The Labute approximate surface area is 62.4 Å². The van der Waals surface area contributed by atoms with E-state index in [1.165, 1.54) is 0 Å². The predicted octanol–water partition coefficient (Wildman–Crippen LogP) is -1.92. The highest BCUT2D eigenvalue weighted by Gasteiger charge is 2.23. The number of carbonyl (C=O) groups excluding carboxylic acids is 3. The maximum Gasteiger partial charge on any atom is 0.386 e. The fourth-order valence-corrected chi connectivity index (χ4v) is 0.269. The fourth-order valence-electron chi connectivity index (χ4n) is 0.269. The van der Waals surface area contributed by atoms with Gasteiger partial charge in [-0.15, -0.1) is 0 Å². The van der Waals surface area contributed by atoms with E-state index in [0.717, 1.165) is 14.2 Å². The number of ether oxygens (including phenoxy) is 2. The summed E-state index contributed by atoms with van der Waals surface area (Å²) in [4.78, 5) is 30.8. The third-order valence-corrected chi connectivity index (χ3v) is 0.742. The first-order chi connectivity index (χ1) is 4.63. The van der Waals surface area contributed by atoms with Gasteiger partial charge in [0.25, 0.3) is 0 Å². The Morgan fingerprint density at radius 3 is 1.36 bits per heavy atom. The second kappa shape index (κ2) is 5.36. The molecule has 0 aliphatic rings. The summed E-state index contributed by atoms with van der Waals surface area (Å²) in [6, 6.07) is 0. The second-order valence-corrected chi connectivity index (χ2v) is 1.31. The Morgan fingerprint density at radius 2 is 1.18 bits per heavy atom. The number of rotatable bonds is 2. The highest BCUT2D eigenvalue weighted by Crippen LogP contribution is 1.81. The molecule has 0 heterocycles. The van der Waals surface area contributed by atoms with Gasteiger partial charge in [0.15, 0.2) is 0 Å². The molecule has 0 bridgehead atoms. The van der Waals surface area contributed by atoms with E-state index in [4.69, 9.17) is 0 Å².